The zero-order valence-electron chi connectivity index (χ0n) is 16.9. The molecule has 0 spiro atoms. The molecule has 6 nitrogen and oxygen atoms in total. The standard InChI is InChI=1S/C23H28N2O4/c1-15(2)21(22(27)25-11-5-8-19(14-25)23(28)29)24-20(26)13-16-9-10-17-6-3-4-7-18(17)12-16/h3-4,6-7,9-10,12,15,19,21H,5,8,11,13-14H2,1-2H3,(H,24,26)(H,28,29)/t19-,21?/m0/s1. The van der Waals surface area contributed by atoms with E-state index in [2.05, 4.69) is 5.32 Å². The molecule has 2 aromatic rings. The number of likely N-dealkylation sites (tertiary alicyclic amines) is 1. The number of hydrogen-bond donors (Lipinski definition) is 2. The lowest BCUT2D eigenvalue weighted by Crippen LogP contribution is -2.54. The third-order valence-corrected chi connectivity index (χ3v) is 5.51. The SMILES string of the molecule is CC(C)C(NC(=O)Cc1ccc2ccccc2c1)C(=O)N1CCC[C@H](C(=O)O)C1. The zero-order valence-corrected chi connectivity index (χ0v) is 16.9. The van der Waals surface area contributed by atoms with Crippen molar-refractivity contribution >= 4 is 28.6 Å². The fraction of sp³-hybridized carbons (Fsp3) is 0.435. The highest BCUT2D eigenvalue weighted by atomic mass is 16.4. The lowest BCUT2D eigenvalue weighted by atomic mass is 9.95. The zero-order chi connectivity index (χ0) is 21.0. The minimum Gasteiger partial charge on any atom is -0.481 e. The van der Waals surface area contributed by atoms with Crippen LogP contribution in [0.3, 0.4) is 0 Å². The Hall–Kier alpha value is -2.89. The summed E-state index contributed by atoms with van der Waals surface area (Å²) in [5, 5.41) is 14.3. The summed E-state index contributed by atoms with van der Waals surface area (Å²) in [7, 11) is 0. The van der Waals surface area contributed by atoms with Gasteiger partial charge in [0.05, 0.1) is 12.3 Å². The van der Waals surface area contributed by atoms with Gasteiger partial charge < -0.3 is 15.3 Å². The van der Waals surface area contributed by atoms with E-state index in [1.54, 1.807) is 4.90 Å². The Morgan fingerprint density at radius 3 is 2.55 bits per heavy atom. The van der Waals surface area contributed by atoms with Crippen LogP contribution in [0.5, 0.6) is 0 Å². The van der Waals surface area contributed by atoms with Crippen molar-refractivity contribution in [2.24, 2.45) is 11.8 Å². The number of nitrogens with one attached hydrogen (secondary N) is 1. The van der Waals surface area contributed by atoms with Gasteiger partial charge in [-0.3, -0.25) is 14.4 Å². The van der Waals surface area contributed by atoms with E-state index in [-0.39, 0.29) is 30.7 Å². The van der Waals surface area contributed by atoms with Crippen LogP contribution in [0.1, 0.15) is 32.3 Å². The highest BCUT2D eigenvalue weighted by Crippen LogP contribution is 2.19. The summed E-state index contributed by atoms with van der Waals surface area (Å²) in [5.41, 5.74) is 0.889. The molecule has 2 aromatic carbocycles. The minimum absolute atomic E-state index is 0.0896. The molecule has 2 N–H and O–H groups in total. The van der Waals surface area contributed by atoms with Crippen LogP contribution in [-0.2, 0) is 20.8 Å². The third-order valence-electron chi connectivity index (χ3n) is 5.51. The molecule has 154 valence electrons. The van der Waals surface area contributed by atoms with Crippen LogP contribution in [0.15, 0.2) is 42.5 Å². The van der Waals surface area contributed by atoms with Gasteiger partial charge in [-0.15, -0.1) is 0 Å². The molecule has 6 heteroatoms. The van der Waals surface area contributed by atoms with Crippen LogP contribution < -0.4 is 5.32 Å². The molecule has 3 rings (SSSR count). The summed E-state index contributed by atoms with van der Waals surface area (Å²) in [5.74, 6) is -1.90. The van der Waals surface area contributed by atoms with E-state index in [4.69, 9.17) is 0 Å². The topological polar surface area (TPSA) is 86.7 Å². The van der Waals surface area contributed by atoms with Crippen molar-refractivity contribution in [2.75, 3.05) is 13.1 Å². The molecule has 2 amide bonds. The fourth-order valence-electron chi connectivity index (χ4n) is 3.85. The van der Waals surface area contributed by atoms with Gasteiger partial charge >= 0.3 is 5.97 Å². The van der Waals surface area contributed by atoms with Crippen LogP contribution in [0.4, 0.5) is 0 Å². The van der Waals surface area contributed by atoms with Crippen molar-refractivity contribution in [3.63, 3.8) is 0 Å². The molecule has 1 fully saturated rings. The number of carbonyl (C=O) groups is 3. The van der Waals surface area contributed by atoms with Crippen LogP contribution >= 0.6 is 0 Å². The van der Waals surface area contributed by atoms with Crippen molar-refractivity contribution in [3.05, 3.63) is 48.0 Å². The summed E-state index contributed by atoms with van der Waals surface area (Å²) in [6.07, 6.45) is 1.44. The smallest absolute Gasteiger partial charge is 0.308 e. The van der Waals surface area contributed by atoms with Gasteiger partial charge in [0, 0.05) is 13.1 Å². The number of aliphatic carboxylic acids is 1. The molecule has 0 bridgehead atoms. The lowest BCUT2D eigenvalue weighted by Gasteiger charge is -2.34. The molecule has 29 heavy (non-hydrogen) atoms. The Labute approximate surface area is 170 Å². The third kappa shape index (κ3) is 5.13. The number of nitrogens with zero attached hydrogens (tertiary/aromatic N) is 1. The molecule has 0 aromatic heterocycles. The maximum absolute atomic E-state index is 13.0. The largest absolute Gasteiger partial charge is 0.481 e. The van der Waals surface area contributed by atoms with Crippen molar-refractivity contribution in [1.29, 1.82) is 0 Å². The van der Waals surface area contributed by atoms with E-state index in [9.17, 15) is 19.5 Å². The number of fused-ring (bicyclic) bond motifs is 1. The number of benzene rings is 2. The van der Waals surface area contributed by atoms with Gasteiger partial charge in [-0.2, -0.15) is 0 Å². The predicted octanol–water partition coefficient (Wildman–Crippen LogP) is 2.85. The number of hydrogen-bond acceptors (Lipinski definition) is 3. The van der Waals surface area contributed by atoms with Gasteiger partial charge in [0.1, 0.15) is 6.04 Å². The molecule has 1 aliphatic heterocycles. The number of amides is 2. The lowest BCUT2D eigenvalue weighted by molar-refractivity contribution is -0.147. The fourth-order valence-corrected chi connectivity index (χ4v) is 3.85. The van der Waals surface area contributed by atoms with Gasteiger partial charge in [-0.1, -0.05) is 56.3 Å². The Kier molecular flexibility index (Phi) is 6.52. The van der Waals surface area contributed by atoms with Gasteiger partial charge in [0.15, 0.2) is 0 Å². The van der Waals surface area contributed by atoms with E-state index in [0.29, 0.717) is 19.4 Å². The summed E-state index contributed by atoms with van der Waals surface area (Å²) in [6, 6.07) is 13.2. The second kappa shape index (κ2) is 9.07. The second-order valence-corrected chi connectivity index (χ2v) is 8.11. The van der Waals surface area contributed by atoms with Crippen LogP contribution in [0.2, 0.25) is 0 Å². The number of carboxylic acids is 1. The monoisotopic (exact) mass is 396 g/mol. The maximum atomic E-state index is 13.0. The van der Waals surface area contributed by atoms with Crippen molar-refractivity contribution in [2.45, 2.75) is 39.2 Å². The first kappa shape index (κ1) is 20.8. The number of carbonyl (C=O) groups excluding carboxylic acids is 2. The summed E-state index contributed by atoms with van der Waals surface area (Å²) in [6.45, 7) is 4.51. The average Bonchev–Trinajstić information content (AvgIpc) is 2.71. The maximum Gasteiger partial charge on any atom is 0.308 e. The van der Waals surface area contributed by atoms with Gasteiger partial charge in [0.2, 0.25) is 11.8 Å². The minimum atomic E-state index is -0.871. The quantitative estimate of drug-likeness (QED) is 0.786. The molecular formula is C23H28N2O4. The molecular weight excluding hydrogens is 368 g/mol. The van der Waals surface area contributed by atoms with E-state index in [1.807, 2.05) is 56.3 Å². The first-order valence-corrected chi connectivity index (χ1v) is 10.1. The van der Waals surface area contributed by atoms with Crippen LogP contribution in [-0.4, -0.2) is 46.9 Å². The predicted molar refractivity (Wildman–Crippen MR) is 111 cm³/mol. The molecule has 0 saturated carbocycles. The highest BCUT2D eigenvalue weighted by molar-refractivity contribution is 5.90. The van der Waals surface area contributed by atoms with E-state index >= 15 is 0 Å². The molecule has 0 aliphatic carbocycles. The molecule has 0 radical (unpaired) electrons. The average molecular weight is 396 g/mol. The van der Waals surface area contributed by atoms with Crippen molar-refractivity contribution in [3.8, 4) is 0 Å². The summed E-state index contributed by atoms with van der Waals surface area (Å²) < 4.78 is 0. The molecule has 2 atom stereocenters. The first-order chi connectivity index (χ1) is 13.8. The highest BCUT2D eigenvalue weighted by Gasteiger charge is 2.33. The van der Waals surface area contributed by atoms with E-state index in [1.165, 1.54) is 0 Å². The second-order valence-electron chi connectivity index (χ2n) is 8.11. The molecule has 1 saturated heterocycles. The van der Waals surface area contributed by atoms with Crippen molar-refractivity contribution < 1.29 is 19.5 Å². The van der Waals surface area contributed by atoms with Crippen molar-refractivity contribution in [1.82, 2.24) is 10.2 Å². The molecule has 1 unspecified atom stereocenters. The molecule has 1 heterocycles. The number of piperidine rings is 1. The summed E-state index contributed by atoms with van der Waals surface area (Å²) in [4.78, 5) is 38.5. The first-order valence-electron chi connectivity index (χ1n) is 10.1. The summed E-state index contributed by atoms with van der Waals surface area (Å²) >= 11 is 0. The van der Waals surface area contributed by atoms with Gasteiger partial charge in [-0.25, -0.2) is 0 Å². The Morgan fingerprint density at radius 1 is 1.14 bits per heavy atom. The normalized spacial score (nSPS) is 17.9. The Balaban J connectivity index is 1.66. The number of rotatable bonds is 6. The van der Waals surface area contributed by atoms with Crippen LogP contribution in [0.25, 0.3) is 10.8 Å². The molecule has 1 aliphatic rings. The Bertz CT molecular complexity index is 909. The van der Waals surface area contributed by atoms with Gasteiger partial charge in [-0.05, 0) is 35.1 Å². The van der Waals surface area contributed by atoms with Gasteiger partial charge in [0.25, 0.3) is 0 Å². The van der Waals surface area contributed by atoms with Crippen LogP contribution in [0, 0.1) is 11.8 Å². The van der Waals surface area contributed by atoms with E-state index in [0.717, 1.165) is 16.3 Å². The number of carboxylic acid groups (broad SMARTS) is 1. The Morgan fingerprint density at radius 2 is 1.86 bits per heavy atom. The van der Waals surface area contributed by atoms with E-state index < -0.39 is 17.9 Å².